The second-order valence-electron chi connectivity index (χ2n) is 4.25. The number of halogens is 4. The summed E-state index contributed by atoms with van der Waals surface area (Å²) in [5.41, 5.74) is 0.0679. The van der Waals surface area contributed by atoms with Crippen molar-refractivity contribution in [1.29, 1.82) is 5.26 Å². The fourth-order valence-corrected chi connectivity index (χ4v) is 2.44. The van der Waals surface area contributed by atoms with E-state index in [1.807, 2.05) is 0 Å². The topological polar surface area (TPSA) is 40.9 Å². The first-order valence-electron chi connectivity index (χ1n) is 5.77. The van der Waals surface area contributed by atoms with Crippen LogP contribution in [0.1, 0.15) is 21.8 Å². The van der Waals surface area contributed by atoms with E-state index in [-0.39, 0.29) is 16.1 Å². The van der Waals surface area contributed by atoms with Gasteiger partial charge in [-0.2, -0.15) is 5.26 Å². The molecule has 2 rings (SSSR count). The molecule has 0 aromatic heterocycles. The zero-order valence-electron chi connectivity index (χ0n) is 10.4. The third kappa shape index (κ3) is 3.46. The maximum atomic E-state index is 13.2. The highest BCUT2D eigenvalue weighted by Crippen LogP contribution is 2.28. The van der Waals surface area contributed by atoms with E-state index in [0.29, 0.717) is 10.5 Å². The molecule has 0 heterocycles. The summed E-state index contributed by atoms with van der Waals surface area (Å²) < 4.78 is 27.1. The number of Topliss-reactive ketones (excluding diaryl/α,β-unsaturated/α-hetero) is 1. The molecule has 0 spiro atoms. The second-order valence-corrected chi connectivity index (χ2v) is 5.58. The number of benzene rings is 2. The molecule has 106 valence electrons. The first kappa shape index (κ1) is 15.6. The van der Waals surface area contributed by atoms with E-state index in [4.69, 9.17) is 11.6 Å². The Kier molecular flexibility index (Phi) is 4.71. The van der Waals surface area contributed by atoms with Gasteiger partial charge in [0, 0.05) is 16.1 Å². The van der Waals surface area contributed by atoms with Gasteiger partial charge in [0.15, 0.2) is 5.78 Å². The number of ketones is 1. The third-order valence-electron chi connectivity index (χ3n) is 2.80. The summed E-state index contributed by atoms with van der Waals surface area (Å²) in [5, 5.41) is 9.35. The minimum Gasteiger partial charge on any atom is -0.292 e. The molecule has 2 aromatic carbocycles. The molecule has 0 fully saturated rings. The van der Waals surface area contributed by atoms with E-state index < -0.39 is 23.3 Å². The van der Waals surface area contributed by atoms with Gasteiger partial charge in [-0.1, -0.05) is 27.5 Å². The van der Waals surface area contributed by atoms with Gasteiger partial charge in [-0.3, -0.25) is 4.79 Å². The lowest BCUT2D eigenvalue weighted by Gasteiger charge is -2.10. The van der Waals surface area contributed by atoms with Gasteiger partial charge in [0.25, 0.3) is 0 Å². The first-order chi connectivity index (χ1) is 9.92. The lowest BCUT2D eigenvalue weighted by Crippen LogP contribution is -2.12. The maximum Gasteiger partial charge on any atom is 0.185 e. The molecule has 0 aliphatic heterocycles. The van der Waals surface area contributed by atoms with Gasteiger partial charge in [-0.15, -0.1) is 0 Å². The van der Waals surface area contributed by atoms with Crippen LogP contribution in [0.3, 0.4) is 0 Å². The van der Waals surface area contributed by atoms with E-state index in [9.17, 15) is 18.8 Å². The van der Waals surface area contributed by atoms with Crippen LogP contribution in [0.4, 0.5) is 8.78 Å². The number of hydrogen-bond donors (Lipinski definition) is 0. The summed E-state index contributed by atoms with van der Waals surface area (Å²) in [6.07, 6.45) is 0. The number of nitriles is 1. The van der Waals surface area contributed by atoms with Crippen LogP contribution in [0.2, 0.25) is 5.02 Å². The number of hydrogen-bond acceptors (Lipinski definition) is 2. The molecule has 2 aromatic rings. The smallest absolute Gasteiger partial charge is 0.185 e. The predicted octanol–water partition coefficient (Wildman–Crippen LogP) is 4.87. The molecule has 0 N–H and O–H groups in total. The summed E-state index contributed by atoms with van der Waals surface area (Å²) in [6.45, 7) is 0. The van der Waals surface area contributed by atoms with Crippen LogP contribution in [0.5, 0.6) is 0 Å². The molecular formula is C15H7BrClF2NO. The Morgan fingerprint density at radius 2 is 1.81 bits per heavy atom. The quantitative estimate of drug-likeness (QED) is 0.723. The summed E-state index contributed by atoms with van der Waals surface area (Å²) in [4.78, 5) is 12.4. The second kappa shape index (κ2) is 6.33. The van der Waals surface area contributed by atoms with E-state index >= 15 is 0 Å². The van der Waals surface area contributed by atoms with Gasteiger partial charge in [-0.05, 0) is 35.9 Å². The van der Waals surface area contributed by atoms with Crippen LogP contribution >= 0.6 is 27.5 Å². The van der Waals surface area contributed by atoms with Crippen molar-refractivity contribution in [1.82, 2.24) is 0 Å². The third-order valence-corrected chi connectivity index (χ3v) is 3.63. The number of nitrogens with zero attached hydrogens (tertiary/aromatic N) is 1. The van der Waals surface area contributed by atoms with Gasteiger partial charge in [-0.25, -0.2) is 8.78 Å². The van der Waals surface area contributed by atoms with Gasteiger partial charge in [0.1, 0.15) is 17.6 Å². The van der Waals surface area contributed by atoms with Gasteiger partial charge >= 0.3 is 0 Å². The van der Waals surface area contributed by atoms with Gasteiger partial charge in [0.2, 0.25) is 0 Å². The summed E-state index contributed by atoms with van der Waals surface area (Å²) in [6, 6.07) is 8.96. The van der Waals surface area contributed by atoms with E-state index in [2.05, 4.69) is 15.9 Å². The van der Waals surface area contributed by atoms with Crippen LogP contribution < -0.4 is 0 Å². The largest absolute Gasteiger partial charge is 0.292 e. The van der Waals surface area contributed by atoms with Crippen molar-refractivity contribution in [3.05, 3.63) is 68.7 Å². The van der Waals surface area contributed by atoms with Crippen molar-refractivity contribution >= 4 is 33.3 Å². The Labute approximate surface area is 133 Å². The molecular weight excluding hydrogens is 364 g/mol. The van der Waals surface area contributed by atoms with Gasteiger partial charge in [0.05, 0.1) is 11.1 Å². The minimum absolute atomic E-state index is 0.0453. The highest BCUT2D eigenvalue weighted by Gasteiger charge is 2.25. The van der Waals surface area contributed by atoms with Gasteiger partial charge < -0.3 is 0 Å². The highest BCUT2D eigenvalue weighted by atomic mass is 79.9. The zero-order valence-corrected chi connectivity index (χ0v) is 12.8. The fourth-order valence-electron chi connectivity index (χ4n) is 1.87. The molecule has 21 heavy (non-hydrogen) atoms. The van der Waals surface area contributed by atoms with Crippen molar-refractivity contribution in [3.8, 4) is 6.07 Å². The van der Waals surface area contributed by atoms with Crippen molar-refractivity contribution < 1.29 is 13.6 Å². The van der Waals surface area contributed by atoms with E-state index in [1.165, 1.54) is 12.1 Å². The summed E-state index contributed by atoms with van der Waals surface area (Å²) >= 11 is 9.14. The molecule has 0 aliphatic carbocycles. The van der Waals surface area contributed by atoms with Crippen molar-refractivity contribution in [2.24, 2.45) is 0 Å². The number of rotatable bonds is 3. The van der Waals surface area contributed by atoms with E-state index in [1.54, 1.807) is 12.1 Å². The maximum absolute atomic E-state index is 13.2. The molecule has 1 unspecified atom stereocenters. The van der Waals surface area contributed by atoms with Crippen LogP contribution in [0.25, 0.3) is 0 Å². The Morgan fingerprint density at radius 1 is 1.19 bits per heavy atom. The molecule has 0 aliphatic rings. The fraction of sp³-hybridized carbons (Fsp3) is 0.0667. The zero-order chi connectivity index (χ0) is 15.6. The van der Waals surface area contributed by atoms with Crippen LogP contribution in [0.15, 0.2) is 40.9 Å². The average Bonchev–Trinajstić information content (AvgIpc) is 2.41. The van der Waals surface area contributed by atoms with Crippen LogP contribution in [0, 0.1) is 23.0 Å². The molecule has 1 atom stereocenters. The van der Waals surface area contributed by atoms with E-state index in [0.717, 1.165) is 12.1 Å². The Balaban J connectivity index is 2.48. The average molecular weight is 371 g/mol. The first-order valence-corrected chi connectivity index (χ1v) is 6.94. The molecule has 0 saturated heterocycles. The predicted molar refractivity (Wildman–Crippen MR) is 78.2 cm³/mol. The van der Waals surface area contributed by atoms with Crippen molar-refractivity contribution in [2.45, 2.75) is 5.92 Å². The van der Waals surface area contributed by atoms with Crippen LogP contribution in [-0.4, -0.2) is 5.78 Å². The highest BCUT2D eigenvalue weighted by molar-refractivity contribution is 9.10. The Hall–Kier alpha value is -1.77. The lowest BCUT2D eigenvalue weighted by atomic mass is 9.91. The Morgan fingerprint density at radius 3 is 2.38 bits per heavy atom. The minimum atomic E-state index is -1.33. The molecule has 0 radical (unpaired) electrons. The standard InChI is InChI=1S/C15H7BrClF2NO/c16-9-1-2-14(17)12(5-9)15(21)13(7-20)8-3-10(18)6-11(19)4-8/h1-6,13H. The summed E-state index contributed by atoms with van der Waals surface area (Å²) in [5.74, 6) is -3.65. The number of carbonyl (C=O) groups excluding carboxylic acids is 1. The molecule has 2 nitrogen and oxygen atoms in total. The SMILES string of the molecule is N#CC(C(=O)c1cc(Br)ccc1Cl)c1cc(F)cc(F)c1. The lowest BCUT2D eigenvalue weighted by molar-refractivity contribution is 0.0979. The summed E-state index contributed by atoms with van der Waals surface area (Å²) in [7, 11) is 0. The van der Waals surface area contributed by atoms with Crippen LogP contribution in [-0.2, 0) is 0 Å². The molecule has 6 heteroatoms. The van der Waals surface area contributed by atoms with Crippen molar-refractivity contribution in [2.75, 3.05) is 0 Å². The molecule has 0 bridgehead atoms. The monoisotopic (exact) mass is 369 g/mol. The molecule has 0 saturated carbocycles. The molecule has 0 amide bonds. The normalized spacial score (nSPS) is 11.8. The number of carbonyl (C=O) groups is 1. The van der Waals surface area contributed by atoms with Crippen molar-refractivity contribution in [3.63, 3.8) is 0 Å². The Bertz CT molecular complexity index is 738.